The number of amides is 1. The monoisotopic (exact) mass is 253 g/mol. The lowest BCUT2D eigenvalue weighted by Crippen LogP contribution is -2.29. The summed E-state index contributed by atoms with van der Waals surface area (Å²) in [6.07, 6.45) is 12.3. The molecule has 1 rings (SSSR count). The number of carbonyl (C=O) groups excluding carboxylic acids is 1. The number of hydrogen-bond donors (Lipinski definition) is 1. The van der Waals surface area contributed by atoms with Crippen LogP contribution in [0.1, 0.15) is 78.1 Å². The van der Waals surface area contributed by atoms with Gasteiger partial charge in [0.2, 0.25) is 5.91 Å². The molecule has 0 spiro atoms. The van der Waals surface area contributed by atoms with Crippen molar-refractivity contribution in [1.82, 2.24) is 5.32 Å². The molecular formula is C16H31NO. The Balaban J connectivity index is 2.06. The predicted octanol–water partition coefficient (Wildman–Crippen LogP) is 4.29. The molecule has 0 radical (unpaired) electrons. The quantitative estimate of drug-likeness (QED) is 0.652. The van der Waals surface area contributed by atoms with Gasteiger partial charge in [-0.15, -0.1) is 0 Å². The predicted molar refractivity (Wildman–Crippen MR) is 77.5 cm³/mol. The molecule has 0 unspecified atom stereocenters. The first-order valence-electron chi connectivity index (χ1n) is 8.02. The third kappa shape index (κ3) is 6.42. The molecule has 0 bridgehead atoms. The van der Waals surface area contributed by atoms with Gasteiger partial charge in [0.25, 0.3) is 0 Å². The molecule has 1 fully saturated rings. The van der Waals surface area contributed by atoms with Crippen molar-refractivity contribution in [3.63, 3.8) is 0 Å². The number of hydrogen-bond acceptors (Lipinski definition) is 1. The van der Waals surface area contributed by atoms with Crippen molar-refractivity contribution >= 4 is 5.91 Å². The van der Waals surface area contributed by atoms with Gasteiger partial charge in [0.05, 0.1) is 0 Å². The van der Waals surface area contributed by atoms with Gasteiger partial charge in [-0.2, -0.15) is 0 Å². The average Bonchev–Trinajstić information content (AvgIpc) is 2.89. The van der Waals surface area contributed by atoms with Gasteiger partial charge in [-0.25, -0.2) is 0 Å². The van der Waals surface area contributed by atoms with Crippen LogP contribution in [0.5, 0.6) is 0 Å². The number of unbranched alkanes of at least 4 members (excludes halogenated alkanes) is 1. The topological polar surface area (TPSA) is 29.1 Å². The zero-order valence-electron chi connectivity index (χ0n) is 12.3. The van der Waals surface area contributed by atoms with Gasteiger partial charge >= 0.3 is 0 Å². The largest absolute Gasteiger partial charge is 0.356 e. The summed E-state index contributed by atoms with van der Waals surface area (Å²) in [6.45, 7) is 5.35. The molecular weight excluding hydrogens is 222 g/mol. The fraction of sp³-hybridized carbons (Fsp3) is 0.938. The maximum Gasteiger partial charge on any atom is 0.220 e. The molecule has 0 aliphatic heterocycles. The molecule has 2 heteroatoms. The Labute approximate surface area is 113 Å². The molecule has 1 aliphatic rings. The average molecular weight is 253 g/mol. The Morgan fingerprint density at radius 3 is 2.61 bits per heavy atom. The van der Waals surface area contributed by atoms with Crippen LogP contribution in [0.25, 0.3) is 0 Å². The molecule has 0 aromatic carbocycles. The molecule has 0 saturated heterocycles. The maximum absolute atomic E-state index is 11.8. The molecule has 1 N–H and O–H groups in total. The van der Waals surface area contributed by atoms with Crippen LogP contribution in [-0.2, 0) is 4.79 Å². The highest BCUT2D eigenvalue weighted by Gasteiger charge is 2.16. The normalized spacial score (nSPS) is 17.9. The van der Waals surface area contributed by atoms with Crippen molar-refractivity contribution in [3.8, 4) is 0 Å². The zero-order valence-corrected chi connectivity index (χ0v) is 12.3. The summed E-state index contributed by atoms with van der Waals surface area (Å²) in [4.78, 5) is 11.8. The summed E-state index contributed by atoms with van der Waals surface area (Å²) in [5, 5.41) is 3.13. The lowest BCUT2D eigenvalue weighted by Gasteiger charge is -2.15. The first-order chi connectivity index (χ1) is 8.76. The number of nitrogens with one attached hydrogen (secondary N) is 1. The van der Waals surface area contributed by atoms with Gasteiger partial charge in [0.1, 0.15) is 0 Å². The molecule has 2 nitrogen and oxygen atoms in total. The Morgan fingerprint density at radius 1 is 1.28 bits per heavy atom. The van der Waals surface area contributed by atoms with E-state index >= 15 is 0 Å². The van der Waals surface area contributed by atoms with Gasteiger partial charge in [-0.1, -0.05) is 58.8 Å². The highest BCUT2D eigenvalue weighted by Crippen LogP contribution is 2.28. The molecule has 106 valence electrons. The van der Waals surface area contributed by atoms with E-state index in [1.165, 1.54) is 51.4 Å². The van der Waals surface area contributed by atoms with E-state index in [-0.39, 0.29) is 5.91 Å². The minimum atomic E-state index is 0.275. The van der Waals surface area contributed by atoms with Gasteiger partial charge in [-0.3, -0.25) is 4.79 Å². The molecule has 1 saturated carbocycles. The fourth-order valence-electron chi connectivity index (χ4n) is 2.92. The van der Waals surface area contributed by atoms with E-state index in [1.807, 2.05) is 0 Å². The Hall–Kier alpha value is -0.530. The van der Waals surface area contributed by atoms with Gasteiger partial charge in [-0.05, 0) is 24.7 Å². The molecule has 0 aromatic rings. The van der Waals surface area contributed by atoms with Crippen LogP contribution < -0.4 is 5.32 Å². The van der Waals surface area contributed by atoms with Crippen molar-refractivity contribution in [2.45, 2.75) is 78.1 Å². The van der Waals surface area contributed by atoms with Crippen molar-refractivity contribution < 1.29 is 4.79 Å². The maximum atomic E-state index is 11.8. The van der Waals surface area contributed by atoms with Crippen molar-refractivity contribution in [3.05, 3.63) is 0 Å². The van der Waals surface area contributed by atoms with Crippen LogP contribution in [0.4, 0.5) is 0 Å². The van der Waals surface area contributed by atoms with E-state index in [1.54, 1.807) is 0 Å². The van der Waals surface area contributed by atoms with E-state index in [0.29, 0.717) is 5.92 Å². The first-order valence-corrected chi connectivity index (χ1v) is 8.02. The zero-order chi connectivity index (χ0) is 13.2. The smallest absolute Gasteiger partial charge is 0.220 e. The summed E-state index contributed by atoms with van der Waals surface area (Å²) in [6, 6.07) is 0. The molecule has 1 amide bonds. The van der Waals surface area contributed by atoms with Crippen LogP contribution in [0, 0.1) is 11.8 Å². The number of carbonyl (C=O) groups is 1. The SMILES string of the molecule is CCCC[C@H](CC)CNC(=O)CCC1CCCC1. The van der Waals surface area contributed by atoms with Crippen LogP contribution in [0.2, 0.25) is 0 Å². The Bertz CT molecular complexity index is 221. The third-order valence-corrected chi connectivity index (χ3v) is 4.39. The van der Waals surface area contributed by atoms with Gasteiger partial charge < -0.3 is 5.32 Å². The van der Waals surface area contributed by atoms with Crippen LogP contribution in [0.15, 0.2) is 0 Å². The summed E-state index contributed by atoms with van der Waals surface area (Å²) >= 11 is 0. The minimum absolute atomic E-state index is 0.275. The highest BCUT2D eigenvalue weighted by molar-refractivity contribution is 5.75. The van der Waals surface area contributed by atoms with E-state index < -0.39 is 0 Å². The second-order valence-corrected chi connectivity index (χ2v) is 5.91. The van der Waals surface area contributed by atoms with Gasteiger partial charge in [0, 0.05) is 13.0 Å². The third-order valence-electron chi connectivity index (χ3n) is 4.39. The van der Waals surface area contributed by atoms with Gasteiger partial charge in [0.15, 0.2) is 0 Å². The molecule has 0 aromatic heterocycles. The molecule has 1 atom stereocenters. The summed E-state index contributed by atoms with van der Waals surface area (Å²) in [5.74, 6) is 1.79. The number of rotatable bonds is 9. The highest BCUT2D eigenvalue weighted by atomic mass is 16.1. The molecule has 0 heterocycles. The van der Waals surface area contributed by atoms with Crippen LogP contribution >= 0.6 is 0 Å². The molecule has 1 aliphatic carbocycles. The molecule has 18 heavy (non-hydrogen) atoms. The Morgan fingerprint density at radius 2 is 2.00 bits per heavy atom. The van der Waals surface area contributed by atoms with Crippen LogP contribution in [0.3, 0.4) is 0 Å². The van der Waals surface area contributed by atoms with E-state index in [2.05, 4.69) is 19.2 Å². The first kappa shape index (κ1) is 15.5. The summed E-state index contributed by atoms with van der Waals surface area (Å²) in [7, 11) is 0. The standard InChI is InChI=1S/C16H31NO/c1-3-5-8-14(4-2)13-17-16(18)12-11-15-9-6-7-10-15/h14-15H,3-13H2,1-2H3,(H,17,18)/t14-/m0/s1. The van der Waals surface area contributed by atoms with Crippen molar-refractivity contribution in [2.75, 3.05) is 6.54 Å². The van der Waals surface area contributed by atoms with E-state index in [9.17, 15) is 4.79 Å². The minimum Gasteiger partial charge on any atom is -0.356 e. The lowest BCUT2D eigenvalue weighted by atomic mass is 9.99. The second kappa shape index (κ2) is 9.41. The fourth-order valence-corrected chi connectivity index (χ4v) is 2.92. The summed E-state index contributed by atoms with van der Waals surface area (Å²) in [5.41, 5.74) is 0. The van der Waals surface area contributed by atoms with E-state index in [4.69, 9.17) is 0 Å². The Kier molecular flexibility index (Phi) is 8.11. The lowest BCUT2D eigenvalue weighted by molar-refractivity contribution is -0.121. The van der Waals surface area contributed by atoms with E-state index in [0.717, 1.165) is 25.3 Å². The van der Waals surface area contributed by atoms with Crippen molar-refractivity contribution in [2.24, 2.45) is 11.8 Å². The van der Waals surface area contributed by atoms with Crippen molar-refractivity contribution in [1.29, 1.82) is 0 Å². The summed E-state index contributed by atoms with van der Waals surface area (Å²) < 4.78 is 0. The second-order valence-electron chi connectivity index (χ2n) is 5.91. The van der Waals surface area contributed by atoms with Crippen LogP contribution in [-0.4, -0.2) is 12.5 Å².